The van der Waals surface area contributed by atoms with Gasteiger partial charge in [0, 0.05) is 26.2 Å². The summed E-state index contributed by atoms with van der Waals surface area (Å²) in [5, 5.41) is 0.890. The van der Waals surface area contributed by atoms with Crippen molar-refractivity contribution in [3.05, 3.63) is 69.7 Å². The smallest absolute Gasteiger partial charge is 0.255 e. The Morgan fingerprint density at radius 3 is 1.48 bits per heavy atom. The van der Waals surface area contributed by atoms with Gasteiger partial charge in [-0.1, -0.05) is 47.5 Å². The van der Waals surface area contributed by atoms with Gasteiger partial charge < -0.3 is 9.80 Å². The summed E-state index contributed by atoms with van der Waals surface area (Å²) in [7, 11) is 0. The molecular weight excluding hydrogens is 359 g/mol. The van der Waals surface area contributed by atoms with E-state index >= 15 is 0 Å². The average Bonchev–Trinajstić information content (AvgIpc) is 2.87. The van der Waals surface area contributed by atoms with Gasteiger partial charge in [-0.15, -0.1) is 0 Å². The van der Waals surface area contributed by atoms with Crippen molar-refractivity contribution in [1.29, 1.82) is 0 Å². The Kier molecular flexibility index (Phi) is 5.61. The Labute approximate surface area is 156 Å². The third-order valence-corrected chi connectivity index (χ3v) is 4.94. The van der Waals surface area contributed by atoms with Gasteiger partial charge in [-0.3, -0.25) is 9.59 Å². The van der Waals surface area contributed by atoms with Gasteiger partial charge in [-0.05, 0) is 30.7 Å². The van der Waals surface area contributed by atoms with Gasteiger partial charge in [0.25, 0.3) is 11.8 Å². The number of rotatable bonds is 2. The SMILES string of the molecule is O=C(c1ccccc1Cl)N1CCCN(C(=O)c2ccccc2Cl)CC1. The van der Waals surface area contributed by atoms with Crippen LogP contribution in [0.5, 0.6) is 0 Å². The van der Waals surface area contributed by atoms with Gasteiger partial charge in [0.2, 0.25) is 0 Å². The molecule has 1 heterocycles. The third kappa shape index (κ3) is 3.97. The molecule has 0 spiro atoms. The molecule has 0 atom stereocenters. The van der Waals surface area contributed by atoms with Crippen LogP contribution in [-0.2, 0) is 0 Å². The number of carbonyl (C=O) groups is 2. The van der Waals surface area contributed by atoms with Crippen LogP contribution in [-0.4, -0.2) is 47.8 Å². The summed E-state index contributed by atoms with van der Waals surface area (Å²) < 4.78 is 0. The van der Waals surface area contributed by atoms with Crippen LogP contribution in [0.3, 0.4) is 0 Å². The molecule has 2 aromatic carbocycles. The molecule has 0 radical (unpaired) electrons. The predicted octanol–water partition coefficient (Wildman–Crippen LogP) is 3.98. The van der Waals surface area contributed by atoms with Crippen LogP contribution >= 0.6 is 23.2 Å². The van der Waals surface area contributed by atoms with Crippen molar-refractivity contribution < 1.29 is 9.59 Å². The lowest BCUT2D eigenvalue weighted by Gasteiger charge is -2.23. The van der Waals surface area contributed by atoms with Crippen LogP contribution in [0.15, 0.2) is 48.5 Å². The minimum atomic E-state index is -0.0994. The summed E-state index contributed by atoms with van der Waals surface area (Å²) in [6, 6.07) is 14.1. The quantitative estimate of drug-likeness (QED) is 0.794. The Morgan fingerprint density at radius 2 is 1.08 bits per heavy atom. The summed E-state index contributed by atoms with van der Waals surface area (Å²) in [4.78, 5) is 28.9. The fourth-order valence-corrected chi connectivity index (χ4v) is 3.37. The first kappa shape index (κ1) is 17.8. The first-order chi connectivity index (χ1) is 12.1. The number of nitrogens with zero attached hydrogens (tertiary/aromatic N) is 2. The summed E-state index contributed by atoms with van der Waals surface area (Å²) >= 11 is 12.3. The van der Waals surface area contributed by atoms with E-state index in [0.717, 1.165) is 0 Å². The first-order valence-electron chi connectivity index (χ1n) is 8.15. The van der Waals surface area contributed by atoms with Crippen LogP contribution < -0.4 is 0 Å². The second-order valence-electron chi connectivity index (χ2n) is 5.90. The number of hydrogen-bond donors (Lipinski definition) is 0. The van der Waals surface area contributed by atoms with Crippen molar-refractivity contribution in [3.8, 4) is 0 Å². The molecule has 0 N–H and O–H groups in total. The summed E-state index contributed by atoms with van der Waals surface area (Å²) in [5.74, 6) is -0.199. The molecular formula is C19H18Cl2N2O2. The molecule has 1 aliphatic rings. The van der Waals surface area contributed by atoms with Gasteiger partial charge in [0.05, 0.1) is 21.2 Å². The molecule has 1 aliphatic heterocycles. The van der Waals surface area contributed by atoms with Gasteiger partial charge >= 0.3 is 0 Å². The lowest BCUT2D eigenvalue weighted by molar-refractivity contribution is 0.0719. The van der Waals surface area contributed by atoms with Crippen molar-refractivity contribution in [2.24, 2.45) is 0 Å². The average molecular weight is 377 g/mol. The normalized spacial score (nSPS) is 15.0. The van der Waals surface area contributed by atoms with E-state index in [2.05, 4.69) is 0 Å². The highest BCUT2D eigenvalue weighted by Crippen LogP contribution is 2.20. The molecule has 1 fully saturated rings. The van der Waals surface area contributed by atoms with E-state index in [1.54, 1.807) is 58.3 Å². The number of halogens is 2. The molecule has 0 saturated carbocycles. The van der Waals surface area contributed by atoms with Crippen LogP contribution in [0.25, 0.3) is 0 Å². The fraction of sp³-hybridized carbons (Fsp3) is 0.263. The molecule has 25 heavy (non-hydrogen) atoms. The predicted molar refractivity (Wildman–Crippen MR) is 99.3 cm³/mol. The highest BCUT2D eigenvalue weighted by atomic mass is 35.5. The van der Waals surface area contributed by atoms with E-state index in [1.165, 1.54) is 0 Å². The second kappa shape index (κ2) is 7.89. The number of benzene rings is 2. The van der Waals surface area contributed by atoms with Crippen LogP contribution in [0, 0.1) is 0 Å². The maximum Gasteiger partial charge on any atom is 0.255 e. The maximum absolute atomic E-state index is 12.7. The van der Waals surface area contributed by atoms with Gasteiger partial charge in [-0.2, -0.15) is 0 Å². The maximum atomic E-state index is 12.7. The molecule has 3 rings (SSSR count). The number of hydrogen-bond acceptors (Lipinski definition) is 2. The zero-order valence-electron chi connectivity index (χ0n) is 13.6. The van der Waals surface area contributed by atoms with E-state index in [0.29, 0.717) is 53.8 Å². The zero-order valence-corrected chi connectivity index (χ0v) is 15.1. The molecule has 0 unspecified atom stereocenters. The Bertz CT molecular complexity index is 729. The van der Waals surface area contributed by atoms with Gasteiger partial charge in [0.15, 0.2) is 0 Å². The van der Waals surface area contributed by atoms with Crippen molar-refractivity contribution >= 4 is 35.0 Å². The van der Waals surface area contributed by atoms with Crippen LogP contribution in [0.4, 0.5) is 0 Å². The summed E-state index contributed by atoms with van der Waals surface area (Å²) in [6.45, 7) is 2.13. The molecule has 0 aromatic heterocycles. The lowest BCUT2D eigenvalue weighted by Crippen LogP contribution is -2.37. The summed E-state index contributed by atoms with van der Waals surface area (Å²) in [5.41, 5.74) is 0.991. The molecule has 0 bridgehead atoms. The molecule has 130 valence electrons. The van der Waals surface area contributed by atoms with Crippen molar-refractivity contribution in [2.75, 3.05) is 26.2 Å². The molecule has 6 heteroatoms. The lowest BCUT2D eigenvalue weighted by atomic mass is 10.2. The number of carbonyl (C=O) groups excluding carboxylic acids is 2. The Hall–Kier alpha value is -2.04. The monoisotopic (exact) mass is 376 g/mol. The summed E-state index contributed by atoms with van der Waals surface area (Å²) in [6.07, 6.45) is 0.715. The molecule has 2 aromatic rings. The van der Waals surface area contributed by atoms with Gasteiger partial charge in [-0.25, -0.2) is 0 Å². The van der Waals surface area contributed by atoms with E-state index in [-0.39, 0.29) is 11.8 Å². The zero-order chi connectivity index (χ0) is 17.8. The minimum absolute atomic E-state index is 0.0994. The molecule has 1 saturated heterocycles. The number of amides is 2. The van der Waals surface area contributed by atoms with Crippen molar-refractivity contribution in [3.63, 3.8) is 0 Å². The minimum Gasteiger partial charge on any atom is -0.337 e. The van der Waals surface area contributed by atoms with E-state index < -0.39 is 0 Å². The van der Waals surface area contributed by atoms with E-state index in [4.69, 9.17) is 23.2 Å². The first-order valence-corrected chi connectivity index (χ1v) is 8.91. The third-order valence-electron chi connectivity index (χ3n) is 4.28. The van der Waals surface area contributed by atoms with Crippen LogP contribution in [0.2, 0.25) is 10.0 Å². The largest absolute Gasteiger partial charge is 0.337 e. The van der Waals surface area contributed by atoms with E-state index in [1.807, 2.05) is 0 Å². The van der Waals surface area contributed by atoms with Crippen LogP contribution in [0.1, 0.15) is 27.1 Å². The topological polar surface area (TPSA) is 40.6 Å². The second-order valence-corrected chi connectivity index (χ2v) is 6.71. The Balaban J connectivity index is 1.70. The van der Waals surface area contributed by atoms with Crippen molar-refractivity contribution in [2.45, 2.75) is 6.42 Å². The Morgan fingerprint density at radius 1 is 0.680 bits per heavy atom. The van der Waals surface area contributed by atoms with E-state index in [9.17, 15) is 9.59 Å². The van der Waals surface area contributed by atoms with Gasteiger partial charge in [0.1, 0.15) is 0 Å². The molecule has 2 amide bonds. The molecule has 4 nitrogen and oxygen atoms in total. The van der Waals surface area contributed by atoms with Crippen molar-refractivity contribution in [1.82, 2.24) is 9.80 Å². The molecule has 0 aliphatic carbocycles. The highest BCUT2D eigenvalue weighted by molar-refractivity contribution is 6.34. The highest BCUT2D eigenvalue weighted by Gasteiger charge is 2.25. The standard InChI is InChI=1S/C19H18Cl2N2O2/c20-16-8-3-1-6-14(16)18(24)22-10-5-11-23(13-12-22)19(25)15-7-2-4-9-17(15)21/h1-4,6-9H,5,10-13H2. The fourth-order valence-electron chi connectivity index (χ4n) is 2.93.